The lowest BCUT2D eigenvalue weighted by Crippen LogP contribution is -2.14. The van der Waals surface area contributed by atoms with Crippen molar-refractivity contribution in [1.82, 2.24) is 9.97 Å². The zero-order valence-electron chi connectivity index (χ0n) is 13.5. The maximum absolute atomic E-state index is 11.5. The van der Waals surface area contributed by atoms with Crippen LogP contribution in [0.5, 0.6) is 11.5 Å². The molecule has 1 N–H and O–H groups in total. The normalized spacial score (nSPS) is 10.6. The van der Waals surface area contributed by atoms with Gasteiger partial charge in [0.15, 0.2) is 18.1 Å². The number of H-pyrrole nitrogens is 1. The molecule has 0 saturated carbocycles. The van der Waals surface area contributed by atoms with Crippen LogP contribution in [0, 0.1) is 0 Å². The van der Waals surface area contributed by atoms with E-state index in [0.29, 0.717) is 18.1 Å². The molecule has 0 aliphatic heterocycles. The fourth-order valence-electron chi connectivity index (χ4n) is 2.37. The lowest BCUT2D eigenvalue weighted by atomic mass is 10.2. The summed E-state index contributed by atoms with van der Waals surface area (Å²) in [6, 6.07) is 13.2. The lowest BCUT2D eigenvalue weighted by molar-refractivity contribution is -0.145. The van der Waals surface area contributed by atoms with E-state index >= 15 is 0 Å². The van der Waals surface area contributed by atoms with E-state index in [1.807, 2.05) is 30.3 Å². The van der Waals surface area contributed by atoms with Gasteiger partial charge in [0.1, 0.15) is 5.82 Å². The van der Waals surface area contributed by atoms with Crippen molar-refractivity contribution in [2.75, 3.05) is 20.3 Å². The fourth-order valence-corrected chi connectivity index (χ4v) is 2.37. The van der Waals surface area contributed by atoms with Crippen molar-refractivity contribution in [3.63, 3.8) is 0 Å². The molecule has 0 spiro atoms. The van der Waals surface area contributed by atoms with E-state index in [0.717, 1.165) is 22.4 Å². The monoisotopic (exact) mass is 326 g/mol. The van der Waals surface area contributed by atoms with E-state index in [1.54, 1.807) is 26.2 Å². The van der Waals surface area contributed by atoms with E-state index in [9.17, 15) is 4.79 Å². The fraction of sp³-hybridized carbons (Fsp3) is 0.222. The first kappa shape index (κ1) is 15.9. The molecule has 0 aliphatic rings. The number of carbonyl (C=O) groups is 1. The van der Waals surface area contributed by atoms with E-state index in [2.05, 4.69) is 9.97 Å². The van der Waals surface area contributed by atoms with Gasteiger partial charge in [-0.25, -0.2) is 9.78 Å². The number of esters is 1. The first-order valence-corrected chi connectivity index (χ1v) is 7.63. The zero-order chi connectivity index (χ0) is 16.9. The molecule has 0 atom stereocenters. The van der Waals surface area contributed by atoms with Gasteiger partial charge in [0.05, 0.1) is 24.8 Å². The number of carbonyl (C=O) groups excluding carboxylic acids is 1. The number of benzene rings is 2. The standard InChI is InChI=1S/C18H18N2O4/c1-3-23-17(21)11-24-16-10-12(8-9-15(16)22-2)18-19-13-6-4-5-7-14(13)20-18/h4-10H,3,11H2,1-2H3,(H,19,20). The third-order valence-corrected chi connectivity index (χ3v) is 3.48. The molecule has 0 radical (unpaired) electrons. The Bertz CT molecular complexity index is 824. The van der Waals surface area contributed by atoms with Gasteiger partial charge in [-0.15, -0.1) is 0 Å². The van der Waals surface area contributed by atoms with Crippen LogP contribution in [0.15, 0.2) is 42.5 Å². The maximum Gasteiger partial charge on any atom is 0.344 e. The number of para-hydroxylation sites is 2. The second-order valence-electron chi connectivity index (χ2n) is 5.06. The number of imidazole rings is 1. The predicted molar refractivity (Wildman–Crippen MR) is 90.2 cm³/mol. The van der Waals surface area contributed by atoms with Gasteiger partial charge in [0.2, 0.25) is 0 Å². The number of hydrogen-bond acceptors (Lipinski definition) is 5. The summed E-state index contributed by atoms with van der Waals surface area (Å²) >= 11 is 0. The van der Waals surface area contributed by atoms with Crippen molar-refractivity contribution in [3.05, 3.63) is 42.5 Å². The number of rotatable bonds is 6. The van der Waals surface area contributed by atoms with Crippen molar-refractivity contribution >= 4 is 17.0 Å². The average Bonchev–Trinajstić information content (AvgIpc) is 3.04. The Morgan fingerprint density at radius 2 is 2.00 bits per heavy atom. The van der Waals surface area contributed by atoms with Crippen LogP contribution in [-0.4, -0.2) is 36.3 Å². The van der Waals surface area contributed by atoms with Crippen molar-refractivity contribution in [2.45, 2.75) is 6.92 Å². The second kappa shape index (κ2) is 7.04. The Morgan fingerprint density at radius 1 is 1.17 bits per heavy atom. The minimum absolute atomic E-state index is 0.173. The molecule has 3 aromatic rings. The first-order chi connectivity index (χ1) is 11.7. The number of aromatic nitrogens is 2. The summed E-state index contributed by atoms with van der Waals surface area (Å²) in [6.45, 7) is 1.90. The van der Waals surface area contributed by atoms with Crippen molar-refractivity contribution in [1.29, 1.82) is 0 Å². The molecule has 24 heavy (non-hydrogen) atoms. The van der Waals surface area contributed by atoms with Crippen LogP contribution in [-0.2, 0) is 9.53 Å². The van der Waals surface area contributed by atoms with Crippen LogP contribution in [0.4, 0.5) is 0 Å². The van der Waals surface area contributed by atoms with Gasteiger partial charge in [0.25, 0.3) is 0 Å². The van der Waals surface area contributed by atoms with Crippen LogP contribution in [0.3, 0.4) is 0 Å². The Morgan fingerprint density at radius 3 is 2.75 bits per heavy atom. The zero-order valence-corrected chi connectivity index (χ0v) is 13.5. The number of aromatic amines is 1. The Kier molecular flexibility index (Phi) is 4.65. The molecule has 6 heteroatoms. The number of nitrogens with one attached hydrogen (secondary N) is 1. The Hall–Kier alpha value is -3.02. The smallest absolute Gasteiger partial charge is 0.344 e. The molecule has 3 rings (SSSR count). The number of ether oxygens (including phenoxy) is 3. The van der Waals surface area contributed by atoms with Gasteiger partial charge in [-0.3, -0.25) is 0 Å². The minimum atomic E-state index is -0.423. The minimum Gasteiger partial charge on any atom is -0.493 e. The molecule has 0 bridgehead atoms. The molecule has 0 fully saturated rings. The number of methoxy groups -OCH3 is 1. The maximum atomic E-state index is 11.5. The Balaban J connectivity index is 1.89. The van der Waals surface area contributed by atoms with E-state index in [1.165, 1.54) is 0 Å². The highest BCUT2D eigenvalue weighted by molar-refractivity contribution is 5.79. The molecule has 1 aromatic heterocycles. The predicted octanol–water partition coefficient (Wildman–Crippen LogP) is 3.18. The quantitative estimate of drug-likeness (QED) is 0.704. The van der Waals surface area contributed by atoms with Crippen LogP contribution in [0.2, 0.25) is 0 Å². The SMILES string of the molecule is CCOC(=O)COc1cc(-c2nc3ccccc3[nH]2)ccc1OC. The van der Waals surface area contributed by atoms with Gasteiger partial charge in [0, 0.05) is 5.56 Å². The molecule has 0 unspecified atom stereocenters. The van der Waals surface area contributed by atoms with Crippen molar-refractivity contribution in [3.8, 4) is 22.9 Å². The Labute approximate surface area is 139 Å². The van der Waals surface area contributed by atoms with Crippen molar-refractivity contribution < 1.29 is 19.0 Å². The largest absolute Gasteiger partial charge is 0.493 e. The molecule has 0 aliphatic carbocycles. The van der Waals surface area contributed by atoms with Crippen LogP contribution >= 0.6 is 0 Å². The molecule has 0 saturated heterocycles. The average molecular weight is 326 g/mol. The van der Waals surface area contributed by atoms with Crippen LogP contribution in [0.25, 0.3) is 22.4 Å². The number of nitrogens with zero attached hydrogens (tertiary/aromatic N) is 1. The summed E-state index contributed by atoms with van der Waals surface area (Å²) in [6.07, 6.45) is 0. The number of fused-ring (bicyclic) bond motifs is 1. The van der Waals surface area contributed by atoms with E-state index in [4.69, 9.17) is 14.2 Å². The van der Waals surface area contributed by atoms with Gasteiger partial charge in [-0.05, 0) is 37.3 Å². The van der Waals surface area contributed by atoms with Crippen LogP contribution < -0.4 is 9.47 Å². The summed E-state index contributed by atoms with van der Waals surface area (Å²) in [5.41, 5.74) is 2.68. The van der Waals surface area contributed by atoms with Gasteiger partial charge in [-0.1, -0.05) is 12.1 Å². The summed E-state index contributed by atoms with van der Waals surface area (Å²) < 4.78 is 15.7. The molecule has 6 nitrogen and oxygen atoms in total. The van der Waals surface area contributed by atoms with Gasteiger partial charge in [-0.2, -0.15) is 0 Å². The third-order valence-electron chi connectivity index (χ3n) is 3.48. The van der Waals surface area contributed by atoms with E-state index < -0.39 is 5.97 Å². The molecule has 0 amide bonds. The molecule has 2 aromatic carbocycles. The van der Waals surface area contributed by atoms with Gasteiger partial charge < -0.3 is 19.2 Å². The summed E-state index contributed by atoms with van der Waals surface area (Å²) in [7, 11) is 1.55. The first-order valence-electron chi connectivity index (χ1n) is 7.63. The second-order valence-corrected chi connectivity index (χ2v) is 5.06. The van der Waals surface area contributed by atoms with E-state index in [-0.39, 0.29) is 6.61 Å². The summed E-state index contributed by atoms with van der Waals surface area (Å²) in [5.74, 6) is 1.30. The topological polar surface area (TPSA) is 73.4 Å². The molecular weight excluding hydrogens is 308 g/mol. The third kappa shape index (κ3) is 3.32. The molecule has 124 valence electrons. The molecule has 1 heterocycles. The highest BCUT2D eigenvalue weighted by atomic mass is 16.6. The van der Waals surface area contributed by atoms with Gasteiger partial charge >= 0.3 is 5.97 Å². The highest BCUT2D eigenvalue weighted by Crippen LogP contribution is 2.32. The van der Waals surface area contributed by atoms with Crippen molar-refractivity contribution in [2.24, 2.45) is 0 Å². The van der Waals surface area contributed by atoms with Crippen LogP contribution in [0.1, 0.15) is 6.92 Å². The lowest BCUT2D eigenvalue weighted by Gasteiger charge is -2.11. The number of hydrogen-bond donors (Lipinski definition) is 1. The summed E-state index contributed by atoms with van der Waals surface area (Å²) in [5, 5.41) is 0. The highest BCUT2D eigenvalue weighted by Gasteiger charge is 2.12. The molecular formula is C18H18N2O4. The summed E-state index contributed by atoms with van der Waals surface area (Å²) in [4.78, 5) is 19.3.